The van der Waals surface area contributed by atoms with Gasteiger partial charge in [0.25, 0.3) is 5.91 Å². The Balaban J connectivity index is 1.21. The molecule has 1 fully saturated rings. The first-order chi connectivity index (χ1) is 18.9. The topological polar surface area (TPSA) is 65.0 Å². The van der Waals surface area contributed by atoms with E-state index in [1.165, 1.54) is 18.9 Å². The van der Waals surface area contributed by atoms with Crippen LogP contribution in [0.15, 0.2) is 58.7 Å². The molecule has 0 spiro atoms. The Bertz CT molecular complexity index is 1430. The molecule has 1 N–H and O–H groups in total. The number of amides is 1. The number of ketones is 1. The summed E-state index contributed by atoms with van der Waals surface area (Å²) in [6.07, 6.45) is 7.89. The molecule has 6 nitrogen and oxygen atoms in total. The van der Waals surface area contributed by atoms with Gasteiger partial charge in [0, 0.05) is 49.4 Å². The van der Waals surface area contributed by atoms with Crippen LogP contribution < -0.4 is 5.32 Å². The highest BCUT2D eigenvalue weighted by atomic mass is 19.1. The first-order valence-corrected chi connectivity index (χ1v) is 14.1. The lowest BCUT2D eigenvalue weighted by Crippen LogP contribution is -2.33. The van der Waals surface area contributed by atoms with Crippen molar-refractivity contribution in [2.75, 3.05) is 31.5 Å². The molecular weight excluding hydrogens is 491 g/mol. The number of fused-ring (bicyclic) bond motifs is 2. The Kier molecular flexibility index (Phi) is 6.94. The number of rotatable bonds is 6. The number of benzene rings is 2. The first-order valence-electron chi connectivity index (χ1n) is 14.1. The Labute approximate surface area is 229 Å². The molecule has 3 heterocycles. The summed E-state index contributed by atoms with van der Waals surface area (Å²) < 4.78 is 13.5. The summed E-state index contributed by atoms with van der Waals surface area (Å²) in [6, 6.07) is 8.86. The second kappa shape index (κ2) is 10.5. The summed E-state index contributed by atoms with van der Waals surface area (Å²) in [5.74, 6) is -0.0808. The van der Waals surface area contributed by atoms with Crippen molar-refractivity contribution >= 4 is 23.1 Å². The molecule has 4 aliphatic rings. The Morgan fingerprint density at radius 3 is 2.69 bits per heavy atom. The molecule has 39 heavy (non-hydrogen) atoms. The van der Waals surface area contributed by atoms with E-state index in [2.05, 4.69) is 16.3 Å². The maximum absolute atomic E-state index is 13.5. The van der Waals surface area contributed by atoms with Crippen LogP contribution in [0.1, 0.15) is 58.8 Å². The highest BCUT2D eigenvalue weighted by Crippen LogP contribution is 2.36. The van der Waals surface area contributed by atoms with Crippen LogP contribution in [-0.4, -0.2) is 59.4 Å². The van der Waals surface area contributed by atoms with Gasteiger partial charge in [0.2, 0.25) is 0 Å². The van der Waals surface area contributed by atoms with E-state index in [-0.39, 0.29) is 23.5 Å². The molecule has 2 aromatic carbocycles. The molecule has 0 bridgehead atoms. The van der Waals surface area contributed by atoms with Crippen molar-refractivity contribution in [2.45, 2.75) is 58.5 Å². The lowest BCUT2D eigenvalue weighted by Gasteiger charge is -2.20. The SMILES string of the molecule is Cc1cc(F)ccc1C[C@H](C)N=C1C=CCC(=O)C1=C1Cc2cc3c(cc2N1)CN(CCN1CCCC1)C3=O. The molecular formula is C32H35FN4O2. The van der Waals surface area contributed by atoms with Gasteiger partial charge in [0.15, 0.2) is 5.78 Å². The quantitative estimate of drug-likeness (QED) is 0.538. The standard InChI is InChI=1S/C32H35FN4O2/c1-20-14-25(33)9-8-22(20)15-21(2)34-27-6-5-7-30(38)31(27)29-17-23-16-26-24(18-28(23)35-29)19-37(32(26)39)13-12-36-10-3-4-11-36/h5-6,8-9,14,16,18,21,35H,3-4,7,10-13,15,17,19H2,1-2H3/t21-/m0/s1. The van der Waals surface area contributed by atoms with Crippen LogP contribution in [0.4, 0.5) is 10.1 Å². The van der Waals surface area contributed by atoms with Crippen molar-refractivity contribution < 1.29 is 14.0 Å². The van der Waals surface area contributed by atoms with Crippen molar-refractivity contribution in [2.24, 2.45) is 4.99 Å². The predicted octanol–water partition coefficient (Wildman–Crippen LogP) is 5.01. The van der Waals surface area contributed by atoms with Gasteiger partial charge in [-0.25, -0.2) is 4.39 Å². The van der Waals surface area contributed by atoms with E-state index < -0.39 is 0 Å². The van der Waals surface area contributed by atoms with Crippen molar-refractivity contribution in [3.63, 3.8) is 0 Å². The van der Waals surface area contributed by atoms with E-state index in [0.717, 1.165) is 65.4 Å². The van der Waals surface area contributed by atoms with E-state index >= 15 is 0 Å². The normalized spacial score (nSPS) is 22.5. The number of halogens is 1. The second-order valence-corrected chi connectivity index (χ2v) is 11.3. The maximum atomic E-state index is 13.5. The zero-order valence-corrected chi connectivity index (χ0v) is 22.7. The van der Waals surface area contributed by atoms with Gasteiger partial charge in [-0.2, -0.15) is 0 Å². The first kappa shape index (κ1) is 25.7. The molecule has 1 amide bonds. The van der Waals surface area contributed by atoms with Crippen molar-refractivity contribution in [3.05, 3.63) is 87.4 Å². The monoisotopic (exact) mass is 526 g/mol. The van der Waals surface area contributed by atoms with Crippen molar-refractivity contribution in [1.29, 1.82) is 0 Å². The number of hydrogen-bond donors (Lipinski definition) is 1. The molecule has 6 rings (SSSR count). The van der Waals surface area contributed by atoms with Crippen LogP contribution in [-0.2, 0) is 24.2 Å². The molecule has 0 aromatic heterocycles. The predicted molar refractivity (Wildman–Crippen MR) is 152 cm³/mol. The highest BCUT2D eigenvalue weighted by Gasteiger charge is 2.32. The molecule has 0 unspecified atom stereocenters. The molecule has 1 aliphatic carbocycles. The summed E-state index contributed by atoms with van der Waals surface area (Å²) in [5, 5.41) is 3.50. The second-order valence-electron chi connectivity index (χ2n) is 11.3. The minimum absolute atomic E-state index is 0.0495. The molecule has 0 saturated carbocycles. The summed E-state index contributed by atoms with van der Waals surface area (Å²) >= 11 is 0. The average Bonchev–Trinajstić information content (AvgIpc) is 3.63. The van der Waals surface area contributed by atoms with Gasteiger partial charge in [-0.3, -0.25) is 14.6 Å². The number of carbonyl (C=O) groups is 2. The number of nitrogens with zero attached hydrogens (tertiary/aromatic N) is 3. The van der Waals surface area contributed by atoms with E-state index in [9.17, 15) is 14.0 Å². The molecule has 2 aromatic rings. The van der Waals surface area contributed by atoms with E-state index in [4.69, 9.17) is 4.99 Å². The molecule has 3 aliphatic heterocycles. The van der Waals surface area contributed by atoms with Crippen LogP contribution in [0.3, 0.4) is 0 Å². The highest BCUT2D eigenvalue weighted by molar-refractivity contribution is 6.29. The largest absolute Gasteiger partial charge is 0.358 e. The minimum atomic E-state index is -0.239. The summed E-state index contributed by atoms with van der Waals surface area (Å²) in [5.41, 5.74) is 7.98. The third-order valence-electron chi connectivity index (χ3n) is 8.34. The molecule has 1 saturated heterocycles. The van der Waals surface area contributed by atoms with E-state index in [1.54, 1.807) is 6.07 Å². The van der Waals surface area contributed by atoms with Gasteiger partial charge in [-0.1, -0.05) is 12.1 Å². The molecule has 1 atom stereocenters. The molecule has 202 valence electrons. The van der Waals surface area contributed by atoms with Crippen LogP contribution in [0.2, 0.25) is 0 Å². The number of carbonyl (C=O) groups excluding carboxylic acids is 2. The Hall–Kier alpha value is -3.58. The zero-order chi connectivity index (χ0) is 27.1. The fourth-order valence-corrected chi connectivity index (χ4v) is 6.25. The fraction of sp³-hybridized carbons (Fsp3) is 0.406. The number of likely N-dealkylation sites (tertiary alicyclic amines) is 1. The van der Waals surface area contributed by atoms with Crippen LogP contribution in [0.25, 0.3) is 0 Å². The van der Waals surface area contributed by atoms with E-state index in [1.807, 2.05) is 43.0 Å². The summed E-state index contributed by atoms with van der Waals surface area (Å²) in [6.45, 7) is 8.53. The molecule has 7 heteroatoms. The number of aliphatic imine (C=N–C) groups is 1. The van der Waals surface area contributed by atoms with Gasteiger partial charge < -0.3 is 15.1 Å². The Morgan fingerprint density at radius 1 is 1.08 bits per heavy atom. The van der Waals surface area contributed by atoms with Crippen LogP contribution in [0, 0.1) is 12.7 Å². The van der Waals surface area contributed by atoms with Gasteiger partial charge in [0.05, 0.1) is 17.3 Å². The summed E-state index contributed by atoms with van der Waals surface area (Å²) in [7, 11) is 0. The maximum Gasteiger partial charge on any atom is 0.254 e. The fourth-order valence-electron chi connectivity index (χ4n) is 6.25. The lowest BCUT2D eigenvalue weighted by atomic mass is 9.93. The van der Waals surface area contributed by atoms with Gasteiger partial charge in [0.1, 0.15) is 5.82 Å². The minimum Gasteiger partial charge on any atom is -0.358 e. The van der Waals surface area contributed by atoms with Gasteiger partial charge in [-0.15, -0.1) is 0 Å². The number of nitrogens with one attached hydrogen (secondary N) is 1. The smallest absolute Gasteiger partial charge is 0.254 e. The van der Waals surface area contributed by atoms with E-state index in [0.29, 0.717) is 37.1 Å². The zero-order valence-electron chi connectivity index (χ0n) is 22.7. The van der Waals surface area contributed by atoms with Crippen LogP contribution >= 0.6 is 0 Å². The number of aryl methyl sites for hydroxylation is 1. The van der Waals surface area contributed by atoms with Crippen molar-refractivity contribution in [1.82, 2.24) is 9.80 Å². The number of anilines is 1. The number of allylic oxidation sites excluding steroid dienone is 4. The average molecular weight is 527 g/mol. The van der Waals surface area contributed by atoms with Crippen molar-refractivity contribution in [3.8, 4) is 0 Å². The van der Waals surface area contributed by atoms with Gasteiger partial charge in [-0.05, 0) is 98.8 Å². The number of Topliss-reactive ketones (excluding diaryl/α,β-unsaturated/α-hetero) is 1. The third-order valence-corrected chi connectivity index (χ3v) is 8.34. The molecule has 0 radical (unpaired) electrons. The van der Waals surface area contributed by atoms with Crippen LogP contribution in [0.5, 0.6) is 0 Å². The summed E-state index contributed by atoms with van der Waals surface area (Å²) in [4.78, 5) is 35.6. The third kappa shape index (κ3) is 5.20. The Morgan fingerprint density at radius 2 is 1.90 bits per heavy atom. The lowest BCUT2D eigenvalue weighted by molar-refractivity contribution is -0.114. The number of hydrogen-bond acceptors (Lipinski definition) is 5. The van der Waals surface area contributed by atoms with Gasteiger partial charge >= 0.3 is 0 Å².